The Kier molecular flexibility index (Phi) is 3.40. The van der Waals surface area contributed by atoms with Crippen molar-refractivity contribution >= 4 is 17.8 Å². The Bertz CT molecular complexity index is 478. The van der Waals surface area contributed by atoms with Gasteiger partial charge in [0.2, 0.25) is 0 Å². The highest BCUT2D eigenvalue weighted by atomic mass is 16.7. The monoisotopic (exact) mass is 251 g/mol. The molecule has 0 spiro atoms. The maximum absolute atomic E-state index is 11.5. The summed E-state index contributed by atoms with van der Waals surface area (Å²) in [5, 5.41) is 0.556. The molecule has 2 amide bonds. The summed E-state index contributed by atoms with van der Waals surface area (Å²) in [7, 11) is 1.83. The van der Waals surface area contributed by atoms with Crippen molar-refractivity contribution in [3.63, 3.8) is 0 Å². The fourth-order valence-corrected chi connectivity index (χ4v) is 1.63. The van der Waals surface area contributed by atoms with E-state index in [0.29, 0.717) is 11.5 Å². The van der Waals surface area contributed by atoms with Gasteiger partial charge in [0, 0.05) is 32.5 Å². The summed E-state index contributed by atoms with van der Waals surface area (Å²) in [6.07, 6.45) is 4.12. The Morgan fingerprint density at radius 1 is 1.39 bits per heavy atom. The fraction of sp³-hybridized carbons (Fsp3) is 0.455. The van der Waals surface area contributed by atoms with Crippen LogP contribution in [-0.4, -0.2) is 32.4 Å². The number of carbonyl (C=O) groups excluding carboxylic acids is 3. The van der Waals surface area contributed by atoms with Crippen molar-refractivity contribution in [2.75, 3.05) is 0 Å². The number of rotatable bonds is 4. The number of hydrogen-bond donors (Lipinski definition) is 0. The highest BCUT2D eigenvalue weighted by Gasteiger charge is 2.32. The predicted molar refractivity (Wildman–Crippen MR) is 58.7 cm³/mol. The van der Waals surface area contributed by atoms with E-state index < -0.39 is 17.8 Å². The molecule has 0 N–H and O–H groups in total. The highest BCUT2D eigenvalue weighted by molar-refractivity contribution is 6.01. The number of carbonyl (C=O) groups is 3. The van der Waals surface area contributed by atoms with Gasteiger partial charge < -0.3 is 9.40 Å². The summed E-state index contributed by atoms with van der Waals surface area (Å²) in [5.74, 6) is -1.54. The van der Waals surface area contributed by atoms with Gasteiger partial charge in [0.05, 0.1) is 18.4 Å². The maximum atomic E-state index is 11.5. The second kappa shape index (κ2) is 4.99. The second-order valence-corrected chi connectivity index (χ2v) is 4.08. The van der Waals surface area contributed by atoms with Crippen LogP contribution in [0.5, 0.6) is 0 Å². The summed E-state index contributed by atoms with van der Waals surface area (Å²) in [5.41, 5.74) is 0.758. The molecule has 0 saturated carbocycles. The number of aryl methyl sites for hydroxylation is 2. The van der Waals surface area contributed by atoms with E-state index in [0.717, 1.165) is 5.69 Å². The number of imide groups is 1. The molecule has 7 heteroatoms. The van der Waals surface area contributed by atoms with Crippen molar-refractivity contribution in [1.29, 1.82) is 0 Å². The van der Waals surface area contributed by atoms with Crippen LogP contribution < -0.4 is 0 Å². The molecule has 1 aliphatic heterocycles. The van der Waals surface area contributed by atoms with Crippen molar-refractivity contribution in [3.8, 4) is 0 Å². The minimum absolute atomic E-state index is 0.0775. The third-order valence-corrected chi connectivity index (χ3v) is 2.54. The SMILES string of the molecule is Cn1cnc(CCC(=O)ON2C(=O)CCC2=O)c1. The topological polar surface area (TPSA) is 81.5 Å². The van der Waals surface area contributed by atoms with Gasteiger partial charge in [-0.05, 0) is 0 Å². The lowest BCUT2D eigenvalue weighted by molar-refractivity contribution is -0.197. The molecule has 96 valence electrons. The predicted octanol–water partition coefficient (Wildman–Crippen LogP) is -0.0401. The number of amides is 2. The Labute approximate surface area is 103 Å². The van der Waals surface area contributed by atoms with Crippen LogP contribution >= 0.6 is 0 Å². The van der Waals surface area contributed by atoms with Gasteiger partial charge in [-0.3, -0.25) is 9.59 Å². The minimum Gasteiger partial charge on any atom is -0.340 e. The number of hydroxylamine groups is 2. The third-order valence-electron chi connectivity index (χ3n) is 2.54. The number of imidazole rings is 1. The van der Waals surface area contributed by atoms with Crippen LogP contribution in [0.3, 0.4) is 0 Å². The molecule has 1 fully saturated rings. The molecule has 0 bridgehead atoms. The van der Waals surface area contributed by atoms with E-state index in [2.05, 4.69) is 4.98 Å². The van der Waals surface area contributed by atoms with Gasteiger partial charge in [0.1, 0.15) is 0 Å². The summed E-state index contributed by atoms with van der Waals surface area (Å²) < 4.78 is 1.77. The molecule has 0 atom stereocenters. The van der Waals surface area contributed by atoms with Crippen LogP contribution in [0.15, 0.2) is 12.5 Å². The summed E-state index contributed by atoms with van der Waals surface area (Å²) in [6, 6.07) is 0. The van der Waals surface area contributed by atoms with E-state index >= 15 is 0 Å². The van der Waals surface area contributed by atoms with Gasteiger partial charge in [0.25, 0.3) is 11.8 Å². The standard InChI is InChI=1S/C11H13N3O4/c1-13-6-8(12-7-13)2-5-11(17)18-14-9(15)3-4-10(14)16/h6-7H,2-5H2,1H3. The van der Waals surface area contributed by atoms with E-state index in [-0.39, 0.29) is 19.3 Å². The van der Waals surface area contributed by atoms with Crippen molar-refractivity contribution in [2.24, 2.45) is 7.05 Å². The number of hydrogen-bond acceptors (Lipinski definition) is 5. The molecule has 1 aromatic heterocycles. The van der Waals surface area contributed by atoms with E-state index in [1.807, 2.05) is 7.05 Å². The van der Waals surface area contributed by atoms with Crippen LogP contribution in [0, 0.1) is 0 Å². The average Bonchev–Trinajstić information content (AvgIpc) is 2.87. The van der Waals surface area contributed by atoms with E-state index in [1.165, 1.54) is 0 Å². The fourth-order valence-electron chi connectivity index (χ4n) is 1.63. The van der Waals surface area contributed by atoms with E-state index in [1.54, 1.807) is 17.1 Å². The van der Waals surface area contributed by atoms with Crippen molar-refractivity contribution in [1.82, 2.24) is 14.6 Å². The minimum atomic E-state index is -0.607. The molecular weight excluding hydrogens is 238 g/mol. The van der Waals surface area contributed by atoms with Crippen LogP contribution in [0.25, 0.3) is 0 Å². The lowest BCUT2D eigenvalue weighted by Gasteiger charge is -2.11. The van der Waals surface area contributed by atoms with Crippen molar-refractivity contribution < 1.29 is 19.2 Å². The Hall–Kier alpha value is -2.18. The molecule has 7 nitrogen and oxygen atoms in total. The molecule has 2 heterocycles. The molecule has 0 aliphatic carbocycles. The maximum Gasteiger partial charge on any atom is 0.333 e. The molecule has 0 unspecified atom stereocenters. The zero-order chi connectivity index (χ0) is 13.1. The highest BCUT2D eigenvalue weighted by Crippen LogP contribution is 2.13. The van der Waals surface area contributed by atoms with Crippen molar-refractivity contribution in [2.45, 2.75) is 25.7 Å². The molecule has 18 heavy (non-hydrogen) atoms. The van der Waals surface area contributed by atoms with Gasteiger partial charge in [-0.2, -0.15) is 0 Å². The van der Waals surface area contributed by atoms with Crippen LogP contribution in [0.1, 0.15) is 25.0 Å². The molecule has 1 saturated heterocycles. The van der Waals surface area contributed by atoms with Gasteiger partial charge in [-0.25, -0.2) is 9.78 Å². The quantitative estimate of drug-likeness (QED) is 0.701. The number of nitrogens with zero attached hydrogens (tertiary/aromatic N) is 3. The first kappa shape index (κ1) is 12.3. The molecular formula is C11H13N3O4. The lowest BCUT2D eigenvalue weighted by atomic mass is 10.2. The summed E-state index contributed by atoms with van der Waals surface area (Å²) >= 11 is 0. The average molecular weight is 251 g/mol. The zero-order valence-electron chi connectivity index (χ0n) is 9.96. The number of aromatic nitrogens is 2. The van der Waals surface area contributed by atoms with Gasteiger partial charge >= 0.3 is 5.97 Å². The first-order valence-electron chi connectivity index (χ1n) is 5.59. The largest absolute Gasteiger partial charge is 0.340 e. The Morgan fingerprint density at radius 2 is 2.06 bits per heavy atom. The Balaban J connectivity index is 1.82. The van der Waals surface area contributed by atoms with Gasteiger partial charge in [-0.15, -0.1) is 5.06 Å². The summed E-state index contributed by atoms with van der Waals surface area (Å²) in [4.78, 5) is 42.7. The Morgan fingerprint density at radius 3 is 2.61 bits per heavy atom. The van der Waals surface area contributed by atoms with E-state index in [9.17, 15) is 14.4 Å². The van der Waals surface area contributed by atoms with E-state index in [4.69, 9.17) is 4.84 Å². The second-order valence-electron chi connectivity index (χ2n) is 4.08. The van der Waals surface area contributed by atoms with Crippen LogP contribution in [0.4, 0.5) is 0 Å². The zero-order valence-corrected chi connectivity index (χ0v) is 9.96. The molecule has 1 aliphatic rings. The van der Waals surface area contributed by atoms with Gasteiger partial charge in [0.15, 0.2) is 0 Å². The van der Waals surface area contributed by atoms with Crippen LogP contribution in [0.2, 0.25) is 0 Å². The molecule has 1 aromatic rings. The first-order valence-corrected chi connectivity index (χ1v) is 5.59. The summed E-state index contributed by atoms with van der Waals surface area (Å²) in [6.45, 7) is 0. The first-order chi connectivity index (χ1) is 8.56. The van der Waals surface area contributed by atoms with Crippen molar-refractivity contribution in [3.05, 3.63) is 18.2 Å². The molecule has 0 aromatic carbocycles. The normalized spacial score (nSPS) is 15.3. The lowest BCUT2D eigenvalue weighted by Crippen LogP contribution is -2.32. The third kappa shape index (κ3) is 2.73. The smallest absolute Gasteiger partial charge is 0.333 e. The molecule has 0 radical (unpaired) electrons. The van der Waals surface area contributed by atoms with Crippen LogP contribution in [-0.2, 0) is 32.7 Å². The molecule has 2 rings (SSSR count). The van der Waals surface area contributed by atoms with Gasteiger partial charge in [-0.1, -0.05) is 0 Å².